The molecule has 58 valence electrons. The Bertz CT molecular complexity index is 114. The van der Waals surface area contributed by atoms with E-state index in [0.29, 0.717) is 0 Å². The topological polar surface area (TPSA) is 18.5 Å². The Labute approximate surface area is 69.4 Å². The highest BCUT2D eigenvalue weighted by atomic mass is 35.5. The zero-order chi connectivity index (χ0) is 7.14. The lowest BCUT2D eigenvalue weighted by Gasteiger charge is -2.03. The molecule has 2 aliphatic heterocycles. The summed E-state index contributed by atoms with van der Waals surface area (Å²) in [4.78, 5) is 0. The second kappa shape index (κ2) is 2.52. The lowest BCUT2D eigenvalue weighted by molar-refractivity contribution is 0.0601. The molecule has 10 heavy (non-hydrogen) atoms. The third kappa shape index (κ3) is 1.14. The van der Waals surface area contributed by atoms with Gasteiger partial charge in [0.15, 0.2) is 0 Å². The van der Waals surface area contributed by atoms with Crippen molar-refractivity contribution < 1.29 is 9.47 Å². The second-order valence-electron chi connectivity index (χ2n) is 2.64. The van der Waals surface area contributed by atoms with Gasteiger partial charge in [0, 0.05) is 12.8 Å². The van der Waals surface area contributed by atoms with E-state index in [1.165, 1.54) is 0 Å². The summed E-state index contributed by atoms with van der Waals surface area (Å²) < 4.78 is 10.6. The molecule has 0 amide bonds. The van der Waals surface area contributed by atoms with Gasteiger partial charge in [0.2, 0.25) is 0 Å². The van der Waals surface area contributed by atoms with Crippen LogP contribution >= 0.6 is 23.2 Å². The molecule has 4 atom stereocenters. The number of ether oxygens (including phenoxy) is 2. The van der Waals surface area contributed by atoms with E-state index < -0.39 is 0 Å². The molecule has 2 fully saturated rings. The zero-order valence-corrected chi connectivity index (χ0v) is 6.81. The minimum absolute atomic E-state index is 0.144. The van der Waals surface area contributed by atoms with Crippen LogP contribution in [0.25, 0.3) is 0 Å². The Morgan fingerprint density at radius 1 is 0.900 bits per heavy atom. The number of halogens is 2. The van der Waals surface area contributed by atoms with Crippen molar-refractivity contribution in [2.75, 3.05) is 0 Å². The van der Waals surface area contributed by atoms with Crippen LogP contribution in [0.15, 0.2) is 0 Å². The van der Waals surface area contributed by atoms with E-state index >= 15 is 0 Å². The van der Waals surface area contributed by atoms with Gasteiger partial charge in [0.25, 0.3) is 0 Å². The lowest BCUT2D eigenvalue weighted by Crippen LogP contribution is -2.13. The van der Waals surface area contributed by atoms with Crippen molar-refractivity contribution in [1.29, 1.82) is 0 Å². The van der Waals surface area contributed by atoms with Gasteiger partial charge < -0.3 is 9.47 Å². The van der Waals surface area contributed by atoms with Gasteiger partial charge in [0.1, 0.15) is 11.1 Å². The fraction of sp³-hybridized carbons (Fsp3) is 1.00. The molecule has 2 aliphatic rings. The predicted octanol–water partition coefficient (Wildman–Crippen LogP) is 1.69. The lowest BCUT2D eigenvalue weighted by atomic mass is 10.2. The van der Waals surface area contributed by atoms with Crippen LogP contribution in [-0.4, -0.2) is 23.3 Å². The molecule has 0 aromatic rings. The highest BCUT2D eigenvalue weighted by molar-refractivity contribution is 6.20. The van der Waals surface area contributed by atoms with Gasteiger partial charge in [-0.2, -0.15) is 0 Å². The van der Waals surface area contributed by atoms with Crippen molar-refractivity contribution in [3.63, 3.8) is 0 Å². The number of hydrogen-bond donors (Lipinski definition) is 0. The Kier molecular flexibility index (Phi) is 1.81. The Balaban J connectivity index is 2.00. The summed E-state index contributed by atoms with van der Waals surface area (Å²) >= 11 is 11.4. The molecule has 0 spiro atoms. The van der Waals surface area contributed by atoms with E-state index in [9.17, 15) is 0 Å². The van der Waals surface area contributed by atoms with E-state index in [-0.39, 0.29) is 23.3 Å². The molecular weight excluding hydrogens is 175 g/mol. The van der Waals surface area contributed by atoms with Crippen LogP contribution in [0.1, 0.15) is 12.8 Å². The van der Waals surface area contributed by atoms with Gasteiger partial charge in [-0.25, -0.2) is 0 Å². The molecule has 2 heterocycles. The third-order valence-electron chi connectivity index (χ3n) is 1.89. The fourth-order valence-corrected chi connectivity index (χ4v) is 2.06. The van der Waals surface area contributed by atoms with Gasteiger partial charge >= 0.3 is 0 Å². The Morgan fingerprint density at radius 3 is 1.70 bits per heavy atom. The van der Waals surface area contributed by atoms with Crippen LogP contribution in [0.2, 0.25) is 0 Å². The standard InChI is InChI=1S/C6H8Cl2O2/c7-5-1-3-4(10-5)2-6(8)9-3/h3-6H,1-2H2/t3-,4+,5-,6+. The number of fused-ring (bicyclic) bond motifs is 1. The molecule has 4 heteroatoms. The largest absolute Gasteiger partial charge is 0.356 e. The zero-order valence-electron chi connectivity index (χ0n) is 5.30. The van der Waals surface area contributed by atoms with E-state index in [0.717, 1.165) is 12.8 Å². The summed E-state index contributed by atoms with van der Waals surface area (Å²) in [5.41, 5.74) is -0.335. The normalized spacial score (nSPS) is 53.4. The summed E-state index contributed by atoms with van der Waals surface area (Å²) in [6, 6.07) is 0. The first-order valence-electron chi connectivity index (χ1n) is 3.35. The van der Waals surface area contributed by atoms with Crippen LogP contribution in [0.3, 0.4) is 0 Å². The monoisotopic (exact) mass is 182 g/mol. The van der Waals surface area contributed by atoms with Crippen molar-refractivity contribution in [2.45, 2.75) is 36.2 Å². The summed E-state index contributed by atoms with van der Waals surface area (Å²) in [7, 11) is 0. The highest BCUT2D eigenvalue weighted by Gasteiger charge is 2.42. The molecule has 0 N–H and O–H groups in total. The van der Waals surface area contributed by atoms with Crippen molar-refractivity contribution >= 4 is 23.2 Å². The quantitative estimate of drug-likeness (QED) is 0.532. The van der Waals surface area contributed by atoms with Gasteiger partial charge in [-0.15, -0.1) is 0 Å². The number of alkyl halides is 2. The first kappa shape index (κ1) is 7.17. The van der Waals surface area contributed by atoms with Crippen molar-refractivity contribution in [3.05, 3.63) is 0 Å². The summed E-state index contributed by atoms with van der Waals surface area (Å²) in [6.07, 6.45) is 1.83. The molecule has 0 bridgehead atoms. The Morgan fingerprint density at radius 2 is 1.30 bits per heavy atom. The maximum absolute atomic E-state index is 5.72. The molecule has 0 aromatic heterocycles. The van der Waals surface area contributed by atoms with Crippen LogP contribution in [0.4, 0.5) is 0 Å². The number of hydrogen-bond acceptors (Lipinski definition) is 2. The minimum atomic E-state index is -0.167. The summed E-state index contributed by atoms with van der Waals surface area (Å²) in [5.74, 6) is 0. The maximum Gasteiger partial charge on any atom is 0.134 e. The molecule has 0 saturated carbocycles. The molecular formula is C6H8Cl2O2. The van der Waals surface area contributed by atoms with Crippen LogP contribution in [0.5, 0.6) is 0 Å². The molecule has 2 rings (SSSR count). The third-order valence-corrected chi connectivity index (χ3v) is 2.46. The minimum Gasteiger partial charge on any atom is -0.356 e. The molecule has 0 unspecified atom stereocenters. The first-order chi connectivity index (χ1) is 4.75. The van der Waals surface area contributed by atoms with Gasteiger partial charge in [0.05, 0.1) is 12.2 Å². The average molecular weight is 183 g/mol. The van der Waals surface area contributed by atoms with E-state index in [2.05, 4.69) is 0 Å². The van der Waals surface area contributed by atoms with E-state index in [1.54, 1.807) is 0 Å². The van der Waals surface area contributed by atoms with E-state index in [1.807, 2.05) is 0 Å². The van der Waals surface area contributed by atoms with Gasteiger partial charge in [-0.05, 0) is 0 Å². The molecule has 0 aliphatic carbocycles. The predicted molar refractivity (Wildman–Crippen MR) is 38.3 cm³/mol. The van der Waals surface area contributed by atoms with Crippen molar-refractivity contribution in [3.8, 4) is 0 Å². The van der Waals surface area contributed by atoms with Gasteiger partial charge in [-0.1, -0.05) is 23.2 Å². The fourth-order valence-electron chi connectivity index (χ4n) is 1.45. The van der Waals surface area contributed by atoms with Crippen molar-refractivity contribution in [2.24, 2.45) is 0 Å². The smallest absolute Gasteiger partial charge is 0.134 e. The Hall–Kier alpha value is 0.500. The molecule has 2 saturated heterocycles. The second-order valence-corrected chi connectivity index (χ2v) is 3.61. The highest BCUT2D eigenvalue weighted by Crippen LogP contribution is 2.36. The molecule has 0 radical (unpaired) electrons. The van der Waals surface area contributed by atoms with Gasteiger partial charge in [-0.3, -0.25) is 0 Å². The maximum atomic E-state index is 5.72. The summed E-state index contributed by atoms with van der Waals surface area (Å²) in [6.45, 7) is 0. The van der Waals surface area contributed by atoms with Crippen LogP contribution < -0.4 is 0 Å². The summed E-state index contributed by atoms with van der Waals surface area (Å²) in [5, 5.41) is 0. The van der Waals surface area contributed by atoms with Crippen molar-refractivity contribution in [1.82, 2.24) is 0 Å². The first-order valence-corrected chi connectivity index (χ1v) is 4.22. The average Bonchev–Trinajstić information content (AvgIpc) is 2.21. The number of rotatable bonds is 0. The van der Waals surface area contributed by atoms with Crippen LogP contribution in [-0.2, 0) is 9.47 Å². The molecule has 0 aromatic carbocycles. The van der Waals surface area contributed by atoms with E-state index in [4.69, 9.17) is 32.7 Å². The molecule has 2 nitrogen and oxygen atoms in total. The SMILES string of the molecule is Cl[C@@H]1C[C@@H]2O[C@@H](Cl)C[C@H]2O1. The van der Waals surface area contributed by atoms with Crippen LogP contribution in [0, 0.1) is 0 Å².